The van der Waals surface area contributed by atoms with Crippen molar-refractivity contribution in [1.82, 2.24) is 14.8 Å². The van der Waals surface area contributed by atoms with Crippen LogP contribution >= 0.6 is 0 Å². The monoisotopic (exact) mass is 395 g/mol. The zero-order chi connectivity index (χ0) is 20.7. The van der Waals surface area contributed by atoms with E-state index in [1.54, 1.807) is 13.2 Å². The summed E-state index contributed by atoms with van der Waals surface area (Å²) in [5.74, 6) is 0.267. The number of benzene rings is 1. The zero-order valence-corrected chi connectivity index (χ0v) is 16.8. The summed E-state index contributed by atoms with van der Waals surface area (Å²) in [6, 6.07) is 5.60. The molecule has 0 aliphatic carbocycles. The summed E-state index contributed by atoms with van der Waals surface area (Å²) in [4.78, 5) is 20.3. The number of aromatic hydroxyl groups is 1. The number of aromatic nitrogens is 1. The second-order valence-corrected chi connectivity index (χ2v) is 7.82. The Morgan fingerprint density at radius 2 is 2.14 bits per heavy atom. The molecule has 2 aliphatic heterocycles. The summed E-state index contributed by atoms with van der Waals surface area (Å²) in [7, 11) is 5.53. The van der Waals surface area contributed by atoms with Crippen molar-refractivity contribution in [2.24, 2.45) is 0 Å². The standard InChI is InChI=1S/C22H25N3O4/c1-24(2)10-17-16-6-13-8-25-9-14(12-29-3)15(21(28)11-26)7-19(25)22(13)23-18(16)4-5-20(17)27/h4-7,11,21,27-28H,8-10,12H2,1-3H3. The van der Waals surface area contributed by atoms with E-state index >= 15 is 0 Å². The van der Waals surface area contributed by atoms with Crippen LogP contribution in [0.2, 0.25) is 0 Å². The molecule has 0 saturated heterocycles. The van der Waals surface area contributed by atoms with E-state index in [1.807, 2.05) is 31.1 Å². The highest BCUT2D eigenvalue weighted by Crippen LogP contribution is 2.39. The molecule has 0 spiro atoms. The van der Waals surface area contributed by atoms with Crippen molar-refractivity contribution in [3.05, 3.63) is 52.2 Å². The lowest BCUT2D eigenvalue weighted by Gasteiger charge is -2.28. The van der Waals surface area contributed by atoms with Gasteiger partial charge in [0.1, 0.15) is 11.9 Å². The number of hydrogen-bond acceptors (Lipinski definition) is 7. The fraction of sp³-hybridized carbons (Fsp3) is 0.364. The second kappa shape index (κ2) is 7.59. The van der Waals surface area contributed by atoms with Gasteiger partial charge in [0.15, 0.2) is 6.29 Å². The van der Waals surface area contributed by atoms with Crippen molar-refractivity contribution >= 4 is 22.9 Å². The van der Waals surface area contributed by atoms with Gasteiger partial charge in [-0.05, 0) is 55.1 Å². The van der Waals surface area contributed by atoms with Crippen LogP contribution in [0.5, 0.6) is 5.75 Å². The minimum absolute atomic E-state index is 0.267. The summed E-state index contributed by atoms with van der Waals surface area (Å²) in [6.45, 7) is 2.22. The summed E-state index contributed by atoms with van der Waals surface area (Å²) < 4.78 is 5.27. The molecule has 7 nitrogen and oxygen atoms in total. The number of carbonyl (C=O) groups is 1. The first-order chi connectivity index (χ1) is 13.9. The SMILES string of the molecule is COCC1=C(C(O)C=O)C=C2c3nc4ccc(O)c(CN(C)C)c4cc3CN2C1. The molecular weight excluding hydrogens is 370 g/mol. The van der Waals surface area contributed by atoms with E-state index in [9.17, 15) is 15.0 Å². The van der Waals surface area contributed by atoms with E-state index < -0.39 is 6.10 Å². The van der Waals surface area contributed by atoms with Crippen LogP contribution in [0, 0.1) is 0 Å². The van der Waals surface area contributed by atoms with Crippen molar-refractivity contribution in [2.75, 3.05) is 34.4 Å². The normalized spacial score (nSPS) is 16.9. The third-order valence-corrected chi connectivity index (χ3v) is 5.43. The summed E-state index contributed by atoms with van der Waals surface area (Å²) in [5.41, 5.74) is 5.96. The van der Waals surface area contributed by atoms with Gasteiger partial charge in [0.05, 0.1) is 23.5 Å². The number of aldehydes is 1. The summed E-state index contributed by atoms with van der Waals surface area (Å²) in [6.07, 6.45) is 1.21. The minimum Gasteiger partial charge on any atom is -0.508 e. The van der Waals surface area contributed by atoms with Crippen LogP contribution in [0.1, 0.15) is 16.8 Å². The Kier molecular flexibility index (Phi) is 5.12. The highest BCUT2D eigenvalue weighted by Gasteiger charge is 2.32. The molecule has 1 aromatic heterocycles. The molecule has 1 unspecified atom stereocenters. The number of hydrogen-bond donors (Lipinski definition) is 2. The molecule has 1 atom stereocenters. The number of nitrogens with zero attached hydrogens (tertiary/aromatic N) is 3. The molecule has 2 N–H and O–H groups in total. The second-order valence-electron chi connectivity index (χ2n) is 7.82. The average Bonchev–Trinajstić information content (AvgIpc) is 3.04. The molecule has 4 rings (SSSR count). The Balaban J connectivity index is 1.84. The predicted octanol–water partition coefficient (Wildman–Crippen LogP) is 1.67. The smallest absolute Gasteiger partial charge is 0.153 e. The largest absolute Gasteiger partial charge is 0.508 e. The van der Waals surface area contributed by atoms with Crippen LogP contribution in [0.15, 0.2) is 35.4 Å². The van der Waals surface area contributed by atoms with E-state index in [0.717, 1.165) is 39.0 Å². The zero-order valence-electron chi connectivity index (χ0n) is 16.8. The first-order valence-corrected chi connectivity index (χ1v) is 9.53. The number of aliphatic hydroxyl groups is 1. The molecule has 0 fully saturated rings. The molecule has 1 aromatic carbocycles. The van der Waals surface area contributed by atoms with Crippen molar-refractivity contribution in [3.8, 4) is 5.75 Å². The third kappa shape index (κ3) is 3.42. The average molecular weight is 395 g/mol. The first-order valence-electron chi connectivity index (χ1n) is 9.53. The maximum absolute atomic E-state index is 11.2. The molecule has 0 saturated carbocycles. The molecule has 0 radical (unpaired) electrons. The van der Waals surface area contributed by atoms with Gasteiger partial charge >= 0.3 is 0 Å². The number of carbonyl (C=O) groups excluding carboxylic acids is 1. The Labute approximate surface area is 169 Å². The number of phenols is 1. The van der Waals surface area contributed by atoms with E-state index in [4.69, 9.17) is 9.72 Å². The topological polar surface area (TPSA) is 86.1 Å². The molecule has 29 heavy (non-hydrogen) atoms. The van der Waals surface area contributed by atoms with Gasteiger partial charge in [-0.15, -0.1) is 0 Å². The van der Waals surface area contributed by atoms with Crippen molar-refractivity contribution in [3.63, 3.8) is 0 Å². The lowest BCUT2D eigenvalue weighted by atomic mass is 9.97. The Morgan fingerprint density at radius 3 is 2.83 bits per heavy atom. The van der Waals surface area contributed by atoms with Crippen LogP contribution in [0.4, 0.5) is 0 Å². The number of fused-ring (bicyclic) bond motifs is 4. The number of methoxy groups -OCH3 is 1. The quantitative estimate of drug-likeness (QED) is 0.720. The number of ether oxygens (including phenoxy) is 1. The Bertz CT molecular complexity index is 1040. The predicted molar refractivity (Wildman–Crippen MR) is 110 cm³/mol. The van der Waals surface area contributed by atoms with Gasteiger partial charge in [0, 0.05) is 37.7 Å². The van der Waals surface area contributed by atoms with Gasteiger partial charge in [0.25, 0.3) is 0 Å². The highest BCUT2D eigenvalue weighted by molar-refractivity contribution is 5.88. The van der Waals surface area contributed by atoms with Gasteiger partial charge in [-0.25, -0.2) is 4.98 Å². The van der Waals surface area contributed by atoms with Gasteiger partial charge in [0.2, 0.25) is 0 Å². The van der Waals surface area contributed by atoms with E-state index in [1.165, 1.54) is 0 Å². The van der Waals surface area contributed by atoms with E-state index in [0.29, 0.717) is 38.1 Å². The number of rotatable bonds is 6. The summed E-state index contributed by atoms with van der Waals surface area (Å²) >= 11 is 0. The Morgan fingerprint density at radius 1 is 1.34 bits per heavy atom. The number of phenolic OH excluding ortho intramolecular Hbond substituents is 1. The molecule has 0 bridgehead atoms. The van der Waals surface area contributed by atoms with Crippen LogP contribution in [-0.4, -0.2) is 71.7 Å². The van der Waals surface area contributed by atoms with Crippen LogP contribution in [0.25, 0.3) is 16.6 Å². The van der Waals surface area contributed by atoms with Crippen LogP contribution < -0.4 is 0 Å². The molecular formula is C22H25N3O4. The lowest BCUT2D eigenvalue weighted by Crippen LogP contribution is -2.28. The molecule has 7 heteroatoms. The fourth-order valence-corrected chi connectivity index (χ4v) is 4.14. The Hall–Kier alpha value is -2.74. The molecule has 2 aliphatic rings. The lowest BCUT2D eigenvalue weighted by molar-refractivity contribution is -0.113. The number of aliphatic hydroxyl groups excluding tert-OH is 1. The third-order valence-electron chi connectivity index (χ3n) is 5.43. The molecule has 152 valence electrons. The van der Waals surface area contributed by atoms with Gasteiger partial charge in [-0.2, -0.15) is 0 Å². The maximum atomic E-state index is 11.2. The molecule has 0 amide bonds. The van der Waals surface area contributed by atoms with E-state index in [2.05, 4.69) is 11.0 Å². The minimum atomic E-state index is -1.18. The van der Waals surface area contributed by atoms with Crippen molar-refractivity contribution in [2.45, 2.75) is 19.2 Å². The van der Waals surface area contributed by atoms with E-state index in [-0.39, 0.29) is 5.75 Å². The van der Waals surface area contributed by atoms with Crippen LogP contribution in [0.3, 0.4) is 0 Å². The molecule has 2 aromatic rings. The first kappa shape index (κ1) is 19.6. The molecule has 3 heterocycles. The van der Waals surface area contributed by atoms with Gasteiger partial charge in [-0.3, -0.25) is 0 Å². The number of pyridine rings is 1. The van der Waals surface area contributed by atoms with Crippen LogP contribution in [-0.2, 0) is 22.6 Å². The maximum Gasteiger partial charge on any atom is 0.153 e. The summed E-state index contributed by atoms with van der Waals surface area (Å²) in [5, 5.41) is 21.5. The fourth-order valence-electron chi connectivity index (χ4n) is 4.14. The van der Waals surface area contributed by atoms with Crippen molar-refractivity contribution < 1.29 is 19.7 Å². The van der Waals surface area contributed by atoms with Gasteiger partial charge in [-0.1, -0.05) is 0 Å². The van der Waals surface area contributed by atoms with Crippen molar-refractivity contribution in [1.29, 1.82) is 0 Å². The highest BCUT2D eigenvalue weighted by atomic mass is 16.5. The van der Waals surface area contributed by atoms with Gasteiger partial charge < -0.3 is 29.5 Å².